The Balaban J connectivity index is 2.86. The lowest BCUT2D eigenvalue weighted by Crippen LogP contribution is -2.46. The number of amides is 2. The van der Waals surface area contributed by atoms with Gasteiger partial charge in [0.1, 0.15) is 5.38 Å². The van der Waals surface area contributed by atoms with Crippen molar-refractivity contribution in [1.82, 2.24) is 14.4 Å². The van der Waals surface area contributed by atoms with Gasteiger partial charge < -0.3 is 14.4 Å². The van der Waals surface area contributed by atoms with E-state index >= 15 is 0 Å². The number of carbonyl (C=O) groups excluding carboxylic acids is 2. The lowest BCUT2D eigenvalue weighted by molar-refractivity contribution is -0.141. The van der Waals surface area contributed by atoms with Crippen molar-refractivity contribution < 1.29 is 9.59 Å². The van der Waals surface area contributed by atoms with E-state index in [4.69, 9.17) is 11.6 Å². The highest BCUT2D eigenvalue weighted by Crippen LogP contribution is 2.10. The molecule has 1 aromatic heterocycles. The normalized spacial score (nSPS) is 12.3. The second-order valence-electron chi connectivity index (χ2n) is 7.01. The van der Waals surface area contributed by atoms with Gasteiger partial charge in [-0.15, -0.1) is 11.6 Å². The number of halogens is 1. The lowest BCUT2D eigenvalue weighted by Gasteiger charge is -2.29. The molecule has 0 aliphatic heterocycles. The minimum Gasteiger partial charge on any atom is -0.353 e. The van der Waals surface area contributed by atoms with Crippen LogP contribution < -0.4 is 0 Å². The maximum Gasteiger partial charge on any atom is 0.242 e. The van der Waals surface area contributed by atoms with Crippen LogP contribution in [0.3, 0.4) is 0 Å². The summed E-state index contributed by atoms with van der Waals surface area (Å²) in [7, 11) is 1.97. The van der Waals surface area contributed by atoms with Gasteiger partial charge >= 0.3 is 0 Å². The first-order chi connectivity index (χ1) is 11.8. The van der Waals surface area contributed by atoms with Crippen molar-refractivity contribution in [3.05, 3.63) is 24.0 Å². The summed E-state index contributed by atoms with van der Waals surface area (Å²) in [4.78, 5) is 28.7. The van der Waals surface area contributed by atoms with Crippen LogP contribution in [0, 0.1) is 5.92 Å². The fourth-order valence-electron chi connectivity index (χ4n) is 2.69. The van der Waals surface area contributed by atoms with Crippen LogP contribution in [-0.4, -0.2) is 51.2 Å². The number of aryl methyl sites for hydroxylation is 1. The largest absolute Gasteiger partial charge is 0.353 e. The molecule has 0 N–H and O–H groups in total. The molecule has 2 amide bonds. The predicted molar refractivity (Wildman–Crippen MR) is 102 cm³/mol. The smallest absolute Gasteiger partial charge is 0.242 e. The fraction of sp³-hybridized carbons (Fsp3) is 0.684. The van der Waals surface area contributed by atoms with Crippen molar-refractivity contribution in [1.29, 1.82) is 0 Å². The van der Waals surface area contributed by atoms with E-state index in [1.807, 2.05) is 48.7 Å². The van der Waals surface area contributed by atoms with E-state index in [0.717, 1.165) is 18.5 Å². The first-order valence-corrected chi connectivity index (χ1v) is 9.50. The molecule has 1 heterocycles. The average molecular weight is 370 g/mol. The molecule has 142 valence electrons. The van der Waals surface area contributed by atoms with Gasteiger partial charge in [-0.1, -0.05) is 27.2 Å². The SMILES string of the molecule is CCCCN(Cc1cccn1C)C(=O)CN(CC(C)C)C(=O)[C@@H](C)Cl. The van der Waals surface area contributed by atoms with Crippen molar-refractivity contribution >= 4 is 23.4 Å². The monoisotopic (exact) mass is 369 g/mol. The molecule has 0 fully saturated rings. The molecule has 1 aromatic rings. The molecule has 0 unspecified atom stereocenters. The zero-order chi connectivity index (χ0) is 19.0. The molecule has 0 saturated carbocycles. The molecule has 0 spiro atoms. The Morgan fingerprint density at radius 3 is 2.40 bits per heavy atom. The number of rotatable bonds is 10. The lowest BCUT2D eigenvalue weighted by atomic mass is 10.2. The maximum atomic E-state index is 12.9. The summed E-state index contributed by atoms with van der Waals surface area (Å²) in [5.41, 5.74) is 1.08. The van der Waals surface area contributed by atoms with Gasteiger partial charge in [0, 0.05) is 32.0 Å². The first-order valence-electron chi connectivity index (χ1n) is 9.07. The van der Waals surface area contributed by atoms with Crippen molar-refractivity contribution in [2.75, 3.05) is 19.6 Å². The first kappa shape index (κ1) is 21.6. The van der Waals surface area contributed by atoms with E-state index in [0.29, 0.717) is 19.6 Å². The number of hydrogen-bond donors (Lipinski definition) is 0. The van der Waals surface area contributed by atoms with Gasteiger partial charge in [-0.3, -0.25) is 9.59 Å². The molecule has 6 heteroatoms. The second kappa shape index (κ2) is 10.5. The van der Waals surface area contributed by atoms with Crippen LogP contribution in [-0.2, 0) is 23.2 Å². The molecule has 1 rings (SSSR count). The molecule has 1 atom stereocenters. The summed E-state index contributed by atoms with van der Waals surface area (Å²) in [6.45, 7) is 9.69. The molecule has 0 saturated heterocycles. The van der Waals surface area contributed by atoms with Crippen LogP contribution in [0.4, 0.5) is 0 Å². The van der Waals surface area contributed by atoms with Crippen molar-refractivity contribution in [2.45, 2.75) is 52.5 Å². The Kier molecular flexibility index (Phi) is 9.04. The Hall–Kier alpha value is -1.49. The quantitative estimate of drug-likeness (QED) is 0.594. The highest BCUT2D eigenvalue weighted by molar-refractivity contribution is 6.30. The van der Waals surface area contributed by atoms with E-state index < -0.39 is 5.38 Å². The predicted octanol–water partition coefficient (Wildman–Crippen LogP) is 3.27. The third-order valence-electron chi connectivity index (χ3n) is 4.10. The molecule has 0 aliphatic rings. The molecule has 0 aromatic carbocycles. The molecule has 5 nitrogen and oxygen atoms in total. The zero-order valence-corrected chi connectivity index (χ0v) is 16.9. The standard InChI is InChI=1S/C19H32ClN3O2/c1-6-7-11-22(13-17-9-8-10-21(17)5)18(24)14-23(12-15(2)3)19(25)16(4)20/h8-10,15-16H,6-7,11-14H2,1-5H3/t16-/m1/s1. The number of unbranched alkanes of at least 4 members (excludes halogenated alkanes) is 1. The number of carbonyl (C=O) groups is 2. The summed E-state index contributed by atoms with van der Waals surface area (Å²) < 4.78 is 2.02. The van der Waals surface area contributed by atoms with Crippen molar-refractivity contribution in [2.24, 2.45) is 13.0 Å². The Morgan fingerprint density at radius 1 is 1.24 bits per heavy atom. The number of alkyl halides is 1. The molecule has 25 heavy (non-hydrogen) atoms. The molecule has 0 bridgehead atoms. The van der Waals surface area contributed by atoms with Crippen LogP contribution in [0.1, 0.15) is 46.2 Å². The molecular formula is C19H32ClN3O2. The summed E-state index contributed by atoms with van der Waals surface area (Å²) in [6.07, 6.45) is 3.94. The van der Waals surface area contributed by atoms with Crippen molar-refractivity contribution in [3.8, 4) is 0 Å². The number of aromatic nitrogens is 1. The maximum absolute atomic E-state index is 12.9. The minimum atomic E-state index is -0.622. The van der Waals surface area contributed by atoms with Gasteiger partial charge in [0.25, 0.3) is 0 Å². The van der Waals surface area contributed by atoms with Gasteiger partial charge in [-0.2, -0.15) is 0 Å². The topological polar surface area (TPSA) is 45.6 Å². The van der Waals surface area contributed by atoms with Gasteiger partial charge in [0.05, 0.1) is 13.1 Å². The third-order valence-corrected chi connectivity index (χ3v) is 4.29. The number of hydrogen-bond acceptors (Lipinski definition) is 2. The van der Waals surface area contributed by atoms with E-state index in [1.54, 1.807) is 11.8 Å². The van der Waals surface area contributed by atoms with E-state index in [-0.39, 0.29) is 24.3 Å². The van der Waals surface area contributed by atoms with Crippen LogP contribution in [0.15, 0.2) is 18.3 Å². The Labute approximate surface area is 156 Å². The fourth-order valence-corrected chi connectivity index (χ4v) is 2.82. The molecule has 0 aliphatic carbocycles. The van der Waals surface area contributed by atoms with Gasteiger partial charge in [-0.25, -0.2) is 0 Å². The summed E-state index contributed by atoms with van der Waals surface area (Å²) in [6, 6.07) is 3.99. The number of nitrogens with zero attached hydrogens (tertiary/aromatic N) is 3. The second-order valence-corrected chi connectivity index (χ2v) is 7.66. The Bertz CT molecular complexity index is 555. The Morgan fingerprint density at radius 2 is 1.92 bits per heavy atom. The highest BCUT2D eigenvalue weighted by atomic mass is 35.5. The summed E-state index contributed by atoms with van der Waals surface area (Å²) in [5.74, 6) is 0.0723. The molecule has 0 radical (unpaired) electrons. The van der Waals surface area contributed by atoms with Crippen LogP contribution in [0.25, 0.3) is 0 Å². The van der Waals surface area contributed by atoms with Crippen LogP contribution >= 0.6 is 11.6 Å². The molecular weight excluding hydrogens is 338 g/mol. The van der Waals surface area contributed by atoms with E-state index in [9.17, 15) is 9.59 Å². The highest BCUT2D eigenvalue weighted by Gasteiger charge is 2.24. The van der Waals surface area contributed by atoms with Crippen LogP contribution in [0.5, 0.6) is 0 Å². The summed E-state index contributed by atoms with van der Waals surface area (Å²) >= 11 is 5.97. The average Bonchev–Trinajstić information content (AvgIpc) is 2.94. The van der Waals surface area contributed by atoms with Crippen molar-refractivity contribution in [3.63, 3.8) is 0 Å². The summed E-state index contributed by atoms with van der Waals surface area (Å²) in [5, 5.41) is -0.622. The van der Waals surface area contributed by atoms with E-state index in [2.05, 4.69) is 6.92 Å². The third kappa shape index (κ3) is 7.10. The van der Waals surface area contributed by atoms with Gasteiger partial charge in [-0.05, 0) is 31.4 Å². The minimum absolute atomic E-state index is 0.0269. The van der Waals surface area contributed by atoms with Gasteiger partial charge in [0.2, 0.25) is 11.8 Å². The van der Waals surface area contributed by atoms with Crippen LogP contribution in [0.2, 0.25) is 0 Å². The zero-order valence-electron chi connectivity index (χ0n) is 16.2. The van der Waals surface area contributed by atoms with E-state index in [1.165, 1.54) is 0 Å². The van der Waals surface area contributed by atoms with Gasteiger partial charge in [0.15, 0.2) is 0 Å².